The number of thiazole rings is 1. The molecule has 39 heavy (non-hydrogen) atoms. The highest BCUT2D eigenvalue weighted by Gasteiger charge is 2.24. The number of ether oxygens (including phenoxy) is 5. The van der Waals surface area contributed by atoms with E-state index in [0.29, 0.717) is 17.0 Å². The van der Waals surface area contributed by atoms with Gasteiger partial charge in [-0.1, -0.05) is 11.3 Å². The van der Waals surface area contributed by atoms with Crippen molar-refractivity contribution in [2.45, 2.75) is 18.4 Å². The maximum absolute atomic E-state index is 13.1. The molecular formula is C25H29N3O9S2. The standard InChI is InChI=1S/C25H29N3O9S2/c1-4-35-23(29)15-28-19-13-20-21(37-16-36-20)14-22(19)38-25(28)26-24(30)17-5-7-18(8-6-17)39(31,32)27(9-11-33-2)10-12-34-3/h5-8,13-14H,4,9-12,15-16H2,1-3H3. The van der Waals surface area contributed by atoms with Gasteiger partial charge < -0.3 is 28.3 Å². The van der Waals surface area contributed by atoms with Crippen LogP contribution in [0.1, 0.15) is 17.3 Å². The van der Waals surface area contributed by atoms with Crippen LogP contribution in [0.4, 0.5) is 0 Å². The number of hydrogen-bond donors (Lipinski definition) is 0. The molecule has 0 fully saturated rings. The lowest BCUT2D eigenvalue weighted by molar-refractivity contribution is -0.143. The van der Waals surface area contributed by atoms with Crippen LogP contribution in [0.25, 0.3) is 10.2 Å². The molecule has 0 N–H and O–H groups in total. The quantitative estimate of drug-likeness (QED) is 0.295. The summed E-state index contributed by atoms with van der Waals surface area (Å²) in [7, 11) is -0.856. The molecule has 1 aliphatic rings. The molecule has 1 amide bonds. The lowest BCUT2D eigenvalue weighted by Gasteiger charge is -2.21. The molecule has 1 aromatic heterocycles. The van der Waals surface area contributed by atoms with Crippen LogP contribution in [0.2, 0.25) is 0 Å². The van der Waals surface area contributed by atoms with Crippen molar-refractivity contribution in [2.24, 2.45) is 4.99 Å². The Bertz CT molecular complexity index is 1500. The lowest BCUT2D eigenvalue weighted by atomic mass is 10.2. The summed E-state index contributed by atoms with van der Waals surface area (Å²) in [4.78, 5) is 30.0. The minimum Gasteiger partial charge on any atom is -0.465 e. The van der Waals surface area contributed by atoms with Crippen LogP contribution < -0.4 is 14.3 Å². The molecule has 0 bridgehead atoms. The molecule has 210 valence electrons. The second kappa shape index (κ2) is 12.7. The first kappa shape index (κ1) is 28.7. The molecule has 3 aromatic rings. The third-order valence-corrected chi connectivity index (χ3v) is 8.75. The van der Waals surface area contributed by atoms with Gasteiger partial charge in [-0.3, -0.25) is 9.59 Å². The monoisotopic (exact) mass is 579 g/mol. The molecule has 14 heteroatoms. The van der Waals surface area contributed by atoms with Crippen LogP contribution in [0.5, 0.6) is 11.5 Å². The molecule has 0 saturated carbocycles. The van der Waals surface area contributed by atoms with Crippen LogP contribution in [-0.2, 0) is 35.6 Å². The van der Waals surface area contributed by atoms with Gasteiger partial charge in [-0.05, 0) is 31.2 Å². The SMILES string of the molecule is CCOC(=O)Cn1c(=NC(=O)c2ccc(S(=O)(=O)N(CCOC)CCOC)cc2)sc2cc3c(cc21)OCO3. The molecule has 12 nitrogen and oxygen atoms in total. The van der Waals surface area contributed by atoms with E-state index < -0.39 is 21.9 Å². The van der Waals surface area contributed by atoms with Gasteiger partial charge in [-0.15, -0.1) is 0 Å². The molecular weight excluding hydrogens is 550 g/mol. The van der Waals surface area contributed by atoms with Crippen molar-refractivity contribution in [1.29, 1.82) is 0 Å². The van der Waals surface area contributed by atoms with Crippen LogP contribution in [0.3, 0.4) is 0 Å². The largest absolute Gasteiger partial charge is 0.465 e. The van der Waals surface area contributed by atoms with E-state index >= 15 is 0 Å². The number of aromatic nitrogens is 1. The van der Waals surface area contributed by atoms with Crippen molar-refractivity contribution >= 4 is 43.5 Å². The fourth-order valence-corrected chi connectivity index (χ4v) is 6.29. The first-order chi connectivity index (χ1) is 18.8. The minimum absolute atomic E-state index is 0.0278. The summed E-state index contributed by atoms with van der Waals surface area (Å²) in [6, 6.07) is 9.04. The predicted octanol–water partition coefficient (Wildman–Crippen LogP) is 2.02. The summed E-state index contributed by atoms with van der Waals surface area (Å²) >= 11 is 1.21. The Labute approximate surface area is 229 Å². The Morgan fingerprint density at radius 2 is 1.69 bits per heavy atom. The van der Waals surface area contributed by atoms with Crippen LogP contribution in [-0.4, -0.2) is 83.1 Å². The third-order valence-electron chi connectivity index (χ3n) is 5.80. The highest BCUT2D eigenvalue weighted by Crippen LogP contribution is 2.37. The van der Waals surface area contributed by atoms with E-state index in [2.05, 4.69) is 4.99 Å². The molecule has 0 unspecified atom stereocenters. The number of fused-ring (bicyclic) bond motifs is 2. The van der Waals surface area contributed by atoms with Gasteiger partial charge in [0.15, 0.2) is 16.3 Å². The molecule has 4 rings (SSSR count). The number of hydrogen-bond acceptors (Lipinski definition) is 10. The van der Waals surface area contributed by atoms with Gasteiger partial charge in [0.25, 0.3) is 5.91 Å². The normalized spacial score (nSPS) is 13.4. The van der Waals surface area contributed by atoms with Crippen molar-refractivity contribution in [3.8, 4) is 11.5 Å². The molecule has 2 heterocycles. The van der Waals surface area contributed by atoms with E-state index in [1.54, 1.807) is 23.6 Å². The number of amides is 1. The fraction of sp³-hybridized carbons (Fsp3) is 0.400. The number of benzene rings is 2. The lowest BCUT2D eigenvalue weighted by Crippen LogP contribution is -2.36. The first-order valence-electron chi connectivity index (χ1n) is 12.0. The van der Waals surface area contributed by atoms with Crippen molar-refractivity contribution in [1.82, 2.24) is 8.87 Å². The highest BCUT2D eigenvalue weighted by molar-refractivity contribution is 7.89. The van der Waals surface area contributed by atoms with Gasteiger partial charge in [0.1, 0.15) is 6.54 Å². The van der Waals surface area contributed by atoms with E-state index in [9.17, 15) is 18.0 Å². The second-order valence-electron chi connectivity index (χ2n) is 8.28. The summed E-state index contributed by atoms with van der Waals surface area (Å²) in [6.45, 7) is 2.62. The summed E-state index contributed by atoms with van der Waals surface area (Å²) in [5.74, 6) is 0.00739. The summed E-state index contributed by atoms with van der Waals surface area (Å²) in [5.41, 5.74) is 0.820. The van der Waals surface area contributed by atoms with E-state index in [1.165, 1.54) is 54.1 Å². The fourth-order valence-electron chi connectivity index (χ4n) is 3.84. The highest BCUT2D eigenvalue weighted by atomic mass is 32.2. The zero-order valence-corrected chi connectivity index (χ0v) is 23.4. The van der Waals surface area contributed by atoms with Gasteiger partial charge in [0.05, 0.1) is 34.9 Å². The number of carbonyl (C=O) groups is 2. The van der Waals surface area contributed by atoms with Crippen molar-refractivity contribution in [3.05, 3.63) is 46.8 Å². The molecule has 0 atom stereocenters. The van der Waals surface area contributed by atoms with Gasteiger partial charge in [-0.25, -0.2) is 8.42 Å². The van der Waals surface area contributed by atoms with Crippen LogP contribution in [0, 0.1) is 0 Å². The third kappa shape index (κ3) is 6.47. The average molecular weight is 580 g/mol. The number of nitrogens with zero attached hydrogens (tertiary/aromatic N) is 3. The maximum Gasteiger partial charge on any atom is 0.326 e. The summed E-state index contributed by atoms with van der Waals surface area (Å²) < 4.78 is 55.9. The Kier molecular flexibility index (Phi) is 9.35. The molecule has 0 spiro atoms. The molecule has 0 radical (unpaired) electrons. The van der Waals surface area contributed by atoms with Crippen molar-refractivity contribution in [2.75, 3.05) is 53.9 Å². The summed E-state index contributed by atoms with van der Waals surface area (Å²) in [6.07, 6.45) is 0. The van der Waals surface area contributed by atoms with Crippen LogP contribution >= 0.6 is 11.3 Å². The Morgan fingerprint density at radius 1 is 1.05 bits per heavy atom. The van der Waals surface area contributed by atoms with Crippen LogP contribution in [0.15, 0.2) is 46.3 Å². The van der Waals surface area contributed by atoms with E-state index in [1.807, 2.05) is 0 Å². The van der Waals surface area contributed by atoms with Crippen molar-refractivity contribution in [3.63, 3.8) is 0 Å². The maximum atomic E-state index is 13.1. The van der Waals surface area contributed by atoms with E-state index in [0.717, 1.165) is 4.70 Å². The number of esters is 1. The van der Waals surface area contributed by atoms with E-state index in [-0.39, 0.29) is 61.5 Å². The Balaban J connectivity index is 1.65. The number of sulfonamides is 1. The molecule has 1 aliphatic heterocycles. The van der Waals surface area contributed by atoms with Gasteiger partial charge >= 0.3 is 5.97 Å². The zero-order valence-electron chi connectivity index (χ0n) is 21.7. The first-order valence-corrected chi connectivity index (χ1v) is 14.3. The smallest absolute Gasteiger partial charge is 0.326 e. The zero-order chi connectivity index (χ0) is 28.0. The average Bonchev–Trinajstić information content (AvgIpc) is 3.51. The number of rotatable bonds is 12. The number of carbonyl (C=O) groups excluding carboxylic acids is 2. The predicted molar refractivity (Wildman–Crippen MR) is 141 cm³/mol. The summed E-state index contributed by atoms with van der Waals surface area (Å²) in [5, 5.41) is 0. The van der Waals surface area contributed by atoms with E-state index in [4.69, 9.17) is 23.7 Å². The Hall–Kier alpha value is -3.30. The van der Waals surface area contributed by atoms with Gasteiger partial charge in [0, 0.05) is 45.0 Å². The second-order valence-corrected chi connectivity index (χ2v) is 11.2. The van der Waals surface area contributed by atoms with Gasteiger partial charge in [-0.2, -0.15) is 9.30 Å². The Morgan fingerprint density at radius 3 is 2.31 bits per heavy atom. The van der Waals surface area contributed by atoms with Gasteiger partial charge in [0.2, 0.25) is 16.8 Å². The molecule has 0 aliphatic carbocycles. The minimum atomic E-state index is -3.84. The number of methoxy groups -OCH3 is 2. The molecule has 0 saturated heterocycles. The molecule has 2 aromatic carbocycles. The van der Waals surface area contributed by atoms with Crippen molar-refractivity contribution < 1.29 is 41.7 Å². The topological polar surface area (TPSA) is 135 Å².